The summed E-state index contributed by atoms with van der Waals surface area (Å²) < 4.78 is 39.5. The molecule has 10 heteroatoms. The van der Waals surface area contributed by atoms with Gasteiger partial charge in [0.1, 0.15) is 6.04 Å². The molecular formula is C33H44F3N3O4. The molecule has 3 rings (SSSR count). The van der Waals surface area contributed by atoms with Crippen molar-refractivity contribution in [3.63, 3.8) is 0 Å². The Morgan fingerprint density at radius 1 is 1.07 bits per heavy atom. The van der Waals surface area contributed by atoms with Gasteiger partial charge in [0.05, 0.1) is 17.6 Å². The van der Waals surface area contributed by atoms with Crippen LogP contribution in [-0.2, 0) is 15.8 Å². The molecule has 2 aromatic carbocycles. The van der Waals surface area contributed by atoms with E-state index in [4.69, 9.17) is 5.11 Å². The molecule has 236 valence electrons. The molecule has 1 aliphatic rings. The maximum atomic E-state index is 14.0. The Kier molecular flexibility index (Phi) is 11.0. The summed E-state index contributed by atoms with van der Waals surface area (Å²) in [6.07, 6.45) is -0.471. The minimum atomic E-state index is -4.46. The molecule has 0 aromatic heterocycles. The van der Waals surface area contributed by atoms with Gasteiger partial charge in [-0.15, -0.1) is 0 Å². The molecule has 1 aliphatic heterocycles. The fourth-order valence-electron chi connectivity index (χ4n) is 5.44. The lowest BCUT2D eigenvalue weighted by molar-refractivity contribution is -0.138. The Balaban J connectivity index is 1.89. The van der Waals surface area contributed by atoms with Crippen molar-refractivity contribution in [2.75, 3.05) is 13.1 Å². The van der Waals surface area contributed by atoms with Crippen molar-refractivity contribution in [2.24, 2.45) is 5.41 Å². The number of carbonyl (C=O) groups excluding carboxylic acids is 2. The van der Waals surface area contributed by atoms with Crippen LogP contribution in [0.5, 0.6) is 0 Å². The second-order valence-corrected chi connectivity index (χ2v) is 12.8. The number of hydrogen-bond donors (Lipinski definition) is 3. The van der Waals surface area contributed by atoms with Crippen LogP contribution >= 0.6 is 0 Å². The van der Waals surface area contributed by atoms with Crippen molar-refractivity contribution in [3.05, 3.63) is 70.8 Å². The van der Waals surface area contributed by atoms with Gasteiger partial charge in [0, 0.05) is 24.6 Å². The van der Waals surface area contributed by atoms with E-state index < -0.39 is 29.4 Å². The van der Waals surface area contributed by atoms with E-state index in [1.165, 1.54) is 12.1 Å². The molecule has 1 saturated heterocycles. The van der Waals surface area contributed by atoms with Gasteiger partial charge < -0.3 is 15.3 Å². The van der Waals surface area contributed by atoms with E-state index in [9.17, 15) is 27.6 Å². The topological polar surface area (TPSA) is 98.7 Å². The van der Waals surface area contributed by atoms with Crippen LogP contribution in [0.15, 0.2) is 48.5 Å². The number of nitrogens with one attached hydrogen (secondary N) is 2. The lowest BCUT2D eigenvalue weighted by Crippen LogP contribution is -2.51. The molecule has 0 bridgehead atoms. The fourth-order valence-corrected chi connectivity index (χ4v) is 5.44. The number of benzene rings is 2. The molecule has 1 heterocycles. The Morgan fingerprint density at radius 3 is 2.23 bits per heavy atom. The number of carboxylic acid groups (broad SMARTS) is 1. The highest BCUT2D eigenvalue weighted by Crippen LogP contribution is 2.39. The van der Waals surface area contributed by atoms with Gasteiger partial charge in [-0.1, -0.05) is 64.8 Å². The van der Waals surface area contributed by atoms with Crippen molar-refractivity contribution < 1.29 is 32.7 Å². The summed E-state index contributed by atoms with van der Waals surface area (Å²) in [5, 5.41) is 14.9. The monoisotopic (exact) mass is 603 g/mol. The van der Waals surface area contributed by atoms with E-state index in [1.807, 2.05) is 24.0 Å². The van der Waals surface area contributed by atoms with Gasteiger partial charge in [0.25, 0.3) is 5.91 Å². The maximum absolute atomic E-state index is 14.0. The number of aliphatic carboxylic acids is 1. The highest BCUT2D eigenvalue weighted by atomic mass is 19.4. The lowest BCUT2D eigenvalue weighted by atomic mass is 9.83. The van der Waals surface area contributed by atoms with Crippen LogP contribution in [0.25, 0.3) is 0 Å². The highest BCUT2D eigenvalue weighted by Gasteiger charge is 2.48. The first-order valence-corrected chi connectivity index (χ1v) is 14.9. The molecule has 0 aliphatic carbocycles. The van der Waals surface area contributed by atoms with Crippen molar-refractivity contribution in [1.29, 1.82) is 0 Å². The van der Waals surface area contributed by atoms with E-state index in [-0.39, 0.29) is 36.1 Å². The van der Waals surface area contributed by atoms with Gasteiger partial charge >= 0.3 is 12.1 Å². The van der Waals surface area contributed by atoms with E-state index in [0.29, 0.717) is 24.1 Å². The van der Waals surface area contributed by atoms with Crippen molar-refractivity contribution in [1.82, 2.24) is 15.5 Å². The normalized spacial score (nSPS) is 19.9. The first kappa shape index (κ1) is 34.1. The summed E-state index contributed by atoms with van der Waals surface area (Å²) >= 11 is 0. The van der Waals surface area contributed by atoms with Crippen LogP contribution < -0.4 is 10.6 Å². The largest absolute Gasteiger partial charge is 0.481 e. The molecule has 0 radical (unpaired) electrons. The van der Waals surface area contributed by atoms with E-state index in [0.717, 1.165) is 43.4 Å². The van der Waals surface area contributed by atoms with Gasteiger partial charge in [-0.25, -0.2) is 0 Å². The molecule has 1 fully saturated rings. The smallest absolute Gasteiger partial charge is 0.416 e. The molecule has 3 N–H and O–H groups in total. The molecule has 2 amide bonds. The number of carboxylic acids is 1. The molecular weight excluding hydrogens is 559 g/mol. The number of hydrogen-bond acceptors (Lipinski definition) is 4. The molecule has 7 nitrogen and oxygen atoms in total. The Bertz CT molecular complexity index is 1260. The SMILES string of the molecule is CCCCC1(C)NC(c2ccc(C(F)(F)F)cc2)C(=O)N1CC(CCC(C)(C)C)c1ccc(C(=O)NCCC(=O)O)cc1. The number of halogens is 3. The molecule has 0 spiro atoms. The Hall–Kier alpha value is -3.40. The first-order chi connectivity index (χ1) is 20.0. The summed E-state index contributed by atoms with van der Waals surface area (Å²) in [5.74, 6) is -1.57. The second-order valence-electron chi connectivity index (χ2n) is 12.8. The van der Waals surface area contributed by atoms with Gasteiger partial charge in [0.2, 0.25) is 5.91 Å². The number of rotatable bonds is 13. The summed E-state index contributed by atoms with van der Waals surface area (Å²) in [7, 11) is 0. The third kappa shape index (κ3) is 9.29. The zero-order chi connectivity index (χ0) is 32.0. The summed E-state index contributed by atoms with van der Waals surface area (Å²) in [4.78, 5) is 39.1. The van der Waals surface area contributed by atoms with Crippen LogP contribution in [-0.4, -0.2) is 46.5 Å². The first-order valence-electron chi connectivity index (χ1n) is 14.9. The third-order valence-electron chi connectivity index (χ3n) is 8.07. The number of amides is 2. The van der Waals surface area contributed by atoms with Crippen molar-refractivity contribution in [2.45, 2.75) is 96.9 Å². The van der Waals surface area contributed by atoms with Gasteiger partial charge in [-0.05, 0) is 67.0 Å². The van der Waals surface area contributed by atoms with E-state index in [2.05, 4.69) is 38.3 Å². The number of alkyl halides is 3. The quantitative estimate of drug-likeness (QED) is 0.231. The molecule has 43 heavy (non-hydrogen) atoms. The number of unbranched alkanes of at least 4 members (excludes halogenated alkanes) is 1. The Morgan fingerprint density at radius 2 is 1.70 bits per heavy atom. The third-order valence-corrected chi connectivity index (χ3v) is 8.07. The minimum Gasteiger partial charge on any atom is -0.481 e. The summed E-state index contributed by atoms with van der Waals surface area (Å²) in [5.41, 5.74) is 0.475. The average Bonchev–Trinajstić information content (AvgIpc) is 3.18. The highest BCUT2D eigenvalue weighted by molar-refractivity contribution is 5.94. The molecule has 0 saturated carbocycles. The minimum absolute atomic E-state index is 0.0324. The van der Waals surface area contributed by atoms with Crippen LogP contribution in [0.2, 0.25) is 0 Å². The summed E-state index contributed by atoms with van der Waals surface area (Å²) in [6, 6.07) is 11.2. The molecule has 2 aromatic rings. The number of nitrogens with zero attached hydrogens (tertiary/aromatic N) is 1. The van der Waals surface area contributed by atoms with Crippen LogP contribution in [0, 0.1) is 5.41 Å². The second kappa shape index (κ2) is 13.9. The number of carbonyl (C=O) groups is 3. The Labute approximate surface area is 252 Å². The predicted molar refractivity (Wildman–Crippen MR) is 159 cm³/mol. The van der Waals surface area contributed by atoms with Crippen LogP contribution in [0.1, 0.15) is 112 Å². The zero-order valence-electron chi connectivity index (χ0n) is 25.7. The average molecular weight is 604 g/mol. The van der Waals surface area contributed by atoms with Crippen molar-refractivity contribution in [3.8, 4) is 0 Å². The van der Waals surface area contributed by atoms with Crippen LogP contribution in [0.3, 0.4) is 0 Å². The lowest BCUT2D eigenvalue weighted by Gasteiger charge is -2.38. The van der Waals surface area contributed by atoms with Gasteiger partial charge in [-0.2, -0.15) is 13.2 Å². The zero-order valence-corrected chi connectivity index (χ0v) is 25.7. The maximum Gasteiger partial charge on any atom is 0.416 e. The fraction of sp³-hybridized carbons (Fsp3) is 0.545. The van der Waals surface area contributed by atoms with Gasteiger partial charge in [0.15, 0.2) is 0 Å². The summed E-state index contributed by atoms with van der Waals surface area (Å²) in [6.45, 7) is 11.0. The van der Waals surface area contributed by atoms with Gasteiger partial charge in [-0.3, -0.25) is 19.7 Å². The van der Waals surface area contributed by atoms with Crippen molar-refractivity contribution >= 4 is 17.8 Å². The van der Waals surface area contributed by atoms with E-state index in [1.54, 1.807) is 12.1 Å². The molecule has 3 atom stereocenters. The predicted octanol–water partition coefficient (Wildman–Crippen LogP) is 6.90. The van der Waals surface area contributed by atoms with E-state index >= 15 is 0 Å². The standard InChI is InChI=1S/C33H44F3N3O4/c1-6-7-18-32(5)38-28(23-12-14-26(15-13-23)33(34,35)36)30(43)39(32)21-25(16-19-31(2,3)4)22-8-10-24(11-9-22)29(42)37-20-17-27(40)41/h8-15,25,28,38H,6-7,16-21H2,1-5H3,(H,37,42)(H,40,41). The molecule has 3 unspecified atom stereocenters. The van der Waals surface area contributed by atoms with Crippen LogP contribution in [0.4, 0.5) is 13.2 Å².